The quantitative estimate of drug-likeness (QED) is 0.486. The standard InChI is InChI=1S/C22H22ClN3O6S/c1-13-5-7-15(9-16(13)22(27)25-14-6-8-21(32-4)24-12-14)33(28,29)26-18-10-17(23)19(30-2)11-20(18)31-3/h5-12,26H,1-4H3,(H,25,27). The summed E-state index contributed by atoms with van der Waals surface area (Å²) >= 11 is 6.14. The number of carbonyl (C=O) groups excluding carboxylic acids is 1. The lowest BCUT2D eigenvalue weighted by Crippen LogP contribution is -2.17. The Morgan fingerprint density at radius 3 is 2.30 bits per heavy atom. The lowest BCUT2D eigenvalue weighted by molar-refractivity contribution is 0.102. The molecular formula is C22H22ClN3O6S. The molecule has 33 heavy (non-hydrogen) atoms. The Morgan fingerprint density at radius 1 is 0.970 bits per heavy atom. The average molecular weight is 492 g/mol. The van der Waals surface area contributed by atoms with Crippen molar-refractivity contribution in [1.82, 2.24) is 4.98 Å². The van der Waals surface area contributed by atoms with Gasteiger partial charge in [-0.15, -0.1) is 0 Å². The van der Waals surface area contributed by atoms with Crippen LogP contribution in [0.25, 0.3) is 0 Å². The lowest BCUT2D eigenvalue weighted by atomic mass is 10.1. The van der Waals surface area contributed by atoms with Crippen molar-refractivity contribution >= 4 is 38.9 Å². The van der Waals surface area contributed by atoms with Gasteiger partial charge in [0.1, 0.15) is 11.5 Å². The highest BCUT2D eigenvalue weighted by molar-refractivity contribution is 7.92. The third-order valence-electron chi connectivity index (χ3n) is 4.69. The number of anilines is 2. The summed E-state index contributed by atoms with van der Waals surface area (Å²) in [5.74, 6) is 0.467. The van der Waals surface area contributed by atoms with E-state index in [0.29, 0.717) is 22.9 Å². The van der Waals surface area contributed by atoms with E-state index >= 15 is 0 Å². The van der Waals surface area contributed by atoms with Crippen LogP contribution in [-0.2, 0) is 10.0 Å². The van der Waals surface area contributed by atoms with Gasteiger partial charge < -0.3 is 19.5 Å². The first-order valence-electron chi connectivity index (χ1n) is 9.55. The van der Waals surface area contributed by atoms with Crippen LogP contribution in [0, 0.1) is 6.92 Å². The molecule has 9 nitrogen and oxygen atoms in total. The molecule has 0 atom stereocenters. The fraction of sp³-hybridized carbons (Fsp3) is 0.182. The molecule has 0 aliphatic heterocycles. The second-order valence-corrected chi connectivity index (χ2v) is 8.90. The fourth-order valence-corrected chi connectivity index (χ4v) is 4.26. The number of benzene rings is 2. The summed E-state index contributed by atoms with van der Waals surface area (Å²) in [6, 6.07) is 10.3. The normalized spacial score (nSPS) is 10.9. The number of aromatic nitrogens is 1. The van der Waals surface area contributed by atoms with Crippen LogP contribution < -0.4 is 24.2 Å². The number of carbonyl (C=O) groups is 1. The fourth-order valence-electron chi connectivity index (χ4n) is 2.93. The minimum absolute atomic E-state index is 0.111. The van der Waals surface area contributed by atoms with E-state index in [1.807, 2.05) is 0 Å². The van der Waals surface area contributed by atoms with Crippen molar-refractivity contribution in [1.29, 1.82) is 0 Å². The van der Waals surface area contributed by atoms with Gasteiger partial charge in [-0.2, -0.15) is 0 Å². The number of sulfonamides is 1. The van der Waals surface area contributed by atoms with E-state index in [-0.39, 0.29) is 26.9 Å². The molecule has 0 aliphatic carbocycles. The molecule has 0 fully saturated rings. The number of aryl methyl sites for hydroxylation is 1. The molecular weight excluding hydrogens is 470 g/mol. The molecule has 1 aromatic heterocycles. The summed E-state index contributed by atoms with van der Waals surface area (Å²) in [6.45, 7) is 1.71. The van der Waals surface area contributed by atoms with Crippen LogP contribution in [0.2, 0.25) is 5.02 Å². The number of hydrogen-bond donors (Lipinski definition) is 2. The van der Waals surface area contributed by atoms with Gasteiger partial charge >= 0.3 is 0 Å². The second-order valence-electron chi connectivity index (χ2n) is 6.81. The maximum Gasteiger partial charge on any atom is 0.262 e. The number of rotatable bonds is 8. The lowest BCUT2D eigenvalue weighted by Gasteiger charge is -2.15. The van der Waals surface area contributed by atoms with Gasteiger partial charge in [-0.1, -0.05) is 17.7 Å². The average Bonchev–Trinajstić information content (AvgIpc) is 2.79. The molecule has 2 aromatic carbocycles. The number of pyridine rings is 1. The molecule has 0 spiro atoms. The van der Waals surface area contributed by atoms with Crippen molar-refractivity contribution in [2.24, 2.45) is 0 Å². The van der Waals surface area contributed by atoms with E-state index < -0.39 is 15.9 Å². The van der Waals surface area contributed by atoms with Gasteiger partial charge in [-0.25, -0.2) is 13.4 Å². The van der Waals surface area contributed by atoms with E-state index in [1.165, 1.54) is 51.8 Å². The summed E-state index contributed by atoms with van der Waals surface area (Å²) in [7, 11) is 0.238. The van der Waals surface area contributed by atoms with Gasteiger partial charge in [0.15, 0.2) is 0 Å². The van der Waals surface area contributed by atoms with Gasteiger partial charge in [0, 0.05) is 17.7 Å². The zero-order chi connectivity index (χ0) is 24.2. The maximum atomic E-state index is 13.1. The van der Waals surface area contributed by atoms with Crippen molar-refractivity contribution in [3.63, 3.8) is 0 Å². The Labute approximate surface area is 196 Å². The molecule has 0 unspecified atom stereocenters. The van der Waals surface area contributed by atoms with Gasteiger partial charge in [-0.3, -0.25) is 9.52 Å². The summed E-state index contributed by atoms with van der Waals surface area (Å²) in [5, 5.41) is 2.90. The Morgan fingerprint density at radius 2 is 1.70 bits per heavy atom. The monoisotopic (exact) mass is 491 g/mol. The first-order chi connectivity index (χ1) is 15.7. The number of nitrogens with zero attached hydrogens (tertiary/aromatic N) is 1. The molecule has 0 radical (unpaired) electrons. The van der Waals surface area contributed by atoms with Crippen molar-refractivity contribution in [3.05, 3.63) is 64.8 Å². The van der Waals surface area contributed by atoms with E-state index in [2.05, 4.69) is 15.0 Å². The molecule has 0 aliphatic rings. The van der Waals surface area contributed by atoms with Crippen LogP contribution in [0.15, 0.2) is 53.6 Å². The molecule has 174 valence electrons. The van der Waals surface area contributed by atoms with Crippen molar-refractivity contribution in [3.8, 4) is 17.4 Å². The smallest absolute Gasteiger partial charge is 0.262 e. The first-order valence-corrected chi connectivity index (χ1v) is 11.4. The summed E-state index contributed by atoms with van der Waals surface area (Å²) in [5.41, 5.74) is 1.34. The Balaban J connectivity index is 1.90. The van der Waals surface area contributed by atoms with Crippen LogP contribution in [-0.4, -0.2) is 40.6 Å². The van der Waals surface area contributed by atoms with E-state index in [1.54, 1.807) is 25.1 Å². The molecule has 2 N–H and O–H groups in total. The largest absolute Gasteiger partial charge is 0.495 e. The molecule has 1 heterocycles. The minimum Gasteiger partial charge on any atom is -0.495 e. The predicted octanol–water partition coefficient (Wildman–Crippen LogP) is 4.12. The SMILES string of the molecule is COc1ccc(NC(=O)c2cc(S(=O)(=O)Nc3cc(Cl)c(OC)cc3OC)ccc2C)cn1. The molecule has 3 aromatic rings. The molecule has 3 rings (SSSR count). The molecule has 11 heteroatoms. The number of nitrogens with one attached hydrogen (secondary N) is 2. The minimum atomic E-state index is -4.08. The van der Waals surface area contributed by atoms with Crippen molar-refractivity contribution in [2.75, 3.05) is 31.4 Å². The topological polar surface area (TPSA) is 116 Å². The molecule has 0 saturated heterocycles. The van der Waals surface area contributed by atoms with Crippen LogP contribution in [0.3, 0.4) is 0 Å². The Bertz CT molecular complexity index is 1280. The highest BCUT2D eigenvalue weighted by Crippen LogP contribution is 2.37. The van der Waals surface area contributed by atoms with Crippen LogP contribution >= 0.6 is 11.6 Å². The zero-order valence-corrected chi connectivity index (χ0v) is 19.9. The maximum absolute atomic E-state index is 13.1. The number of methoxy groups -OCH3 is 3. The van der Waals surface area contributed by atoms with E-state index in [0.717, 1.165) is 0 Å². The predicted molar refractivity (Wildman–Crippen MR) is 125 cm³/mol. The second kappa shape index (κ2) is 9.97. The van der Waals surface area contributed by atoms with Crippen LogP contribution in [0.1, 0.15) is 15.9 Å². The summed E-state index contributed by atoms with van der Waals surface area (Å²) < 4.78 is 43.9. The number of ether oxygens (including phenoxy) is 3. The number of hydrogen-bond acceptors (Lipinski definition) is 7. The van der Waals surface area contributed by atoms with Crippen molar-refractivity contribution < 1.29 is 27.4 Å². The van der Waals surface area contributed by atoms with Crippen LogP contribution in [0.5, 0.6) is 17.4 Å². The summed E-state index contributed by atoms with van der Waals surface area (Å²) in [6.07, 6.45) is 1.44. The van der Waals surface area contributed by atoms with E-state index in [9.17, 15) is 13.2 Å². The zero-order valence-electron chi connectivity index (χ0n) is 18.3. The van der Waals surface area contributed by atoms with Gasteiger partial charge in [0.05, 0.1) is 48.8 Å². The molecule has 1 amide bonds. The third kappa shape index (κ3) is 5.47. The first kappa shape index (κ1) is 24.1. The van der Waals surface area contributed by atoms with Crippen LogP contribution in [0.4, 0.5) is 11.4 Å². The highest BCUT2D eigenvalue weighted by atomic mass is 35.5. The van der Waals surface area contributed by atoms with Crippen molar-refractivity contribution in [2.45, 2.75) is 11.8 Å². The number of halogens is 1. The molecule has 0 bridgehead atoms. The van der Waals surface area contributed by atoms with Gasteiger partial charge in [0.25, 0.3) is 15.9 Å². The highest BCUT2D eigenvalue weighted by Gasteiger charge is 2.21. The Hall–Kier alpha value is -3.50. The Kier molecular flexibility index (Phi) is 7.29. The van der Waals surface area contributed by atoms with Gasteiger partial charge in [0.2, 0.25) is 5.88 Å². The number of amides is 1. The van der Waals surface area contributed by atoms with E-state index in [4.69, 9.17) is 25.8 Å². The van der Waals surface area contributed by atoms with Gasteiger partial charge in [-0.05, 0) is 36.8 Å². The summed E-state index contributed by atoms with van der Waals surface area (Å²) in [4.78, 5) is 16.7. The third-order valence-corrected chi connectivity index (χ3v) is 6.34. The molecule has 0 saturated carbocycles.